The third-order valence-electron chi connectivity index (χ3n) is 2.53. The normalized spacial score (nSPS) is 12.1. The van der Waals surface area contributed by atoms with Crippen molar-refractivity contribution in [3.63, 3.8) is 0 Å². The van der Waals surface area contributed by atoms with Gasteiger partial charge in [0.05, 0.1) is 0 Å². The molecule has 0 aliphatic rings. The molecule has 0 rings (SSSR count). The van der Waals surface area contributed by atoms with Gasteiger partial charge < -0.3 is 5.11 Å². The molecule has 0 amide bonds. The van der Waals surface area contributed by atoms with Crippen LogP contribution >= 0.6 is 0 Å². The van der Waals surface area contributed by atoms with Gasteiger partial charge in [0.2, 0.25) is 0 Å². The monoisotopic (exact) mass is 198 g/mol. The molecule has 0 aromatic carbocycles. The first kappa shape index (κ1) is 13.7. The highest BCUT2D eigenvalue weighted by atomic mass is 16.2. The molecule has 1 heteroatoms. The van der Waals surface area contributed by atoms with Gasteiger partial charge in [0.25, 0.3) is 0 Å². The van der Waals surface area contributed by atoms with Gasteiger partial charge in [-0.05, 0) is 25.7 Å². The number of rotatable bonds is 9. The molecule has 0 saturated carbocycles. The van der Waals surface area contributed by atoms with Crippen LogP contribution in [0, 0.1) is 0 Å². The maximum atomic E-state index is 8.91. The molecule has 0 saturated heterocycles. The molecule has 0 spiro atoms. The second kappa shape index (κ2) is 10.8. The van der Waals surface area contributed by atoms with E-state index in [0.29, 0.717) is 6.61 Å². The second-order valence-corrected chi connectivity index (χ2v) is 3.94. The zero-order valence-electron chi connectivity index (χ0n) is 9.89. The zero-order valence-corrected chi connectivity index (χ0v) is 9.89. The fourth-order valence-corrected chi connectivity index (χ4v) is 1.59. The van der Waals surface area contributed by atoms with Crippen LogP contribution in [0.1, 0.15) is 65.2 Å². The molecule has 0 aromatic heterocycles. The first-order chi connectivity index (χ1) is 6.85. The van der Waals surface area contributed by atoms with Gasteiger partial charge in [-0.2, -0.15) is 0 Å². The fraction of sp³-hybridized carbons (Fsp3) is 0.846. The summed E-state index contributed by atoms with van der Waals surface area (Å²) in [5.41, 5.74) is 1.47. The van der Waals surface area contributed by atoms with Crippen LogP contribution in [0.5, 0.6) is 0 Å². The van der Waals surface area contributed by atoms with Crippen molar-refractivity contribution in [2.75, 3.05) is 6.61 Å². The lowest BCUT2D eigenvalue weighted by atomic mass is 10.0. The minimum absolute atomic E-state index is 0.310. The molecule has 84 valence electrons. The average molecular weight is 198 g/mol. The molecule has 0 radical (unpaired) electrons. The predicted octanol–water partition coefficient (Wildman–Crippen LogP) is 4.07. The lowest BCUT2D eigenvalue weighted by Gasteiger charge is -2.05. The smallest absolute Gasteiger partial charge is 0.0468 e. The second-order valence-electron chi connectivity index (χ2n) is 3.94. The van der Waals surface area contributed by atoms with Gasteiger partial charge in [-0.3, -0.25) is 0 Å². The van der Waals surface area contributed by atoms with E-state index in [1.165, 1.54) is 50.5 Å². The Labute approximate surface area is 89.2 Å². The fourth-order valence-electron chi connectivity index (χ4n) is 1.59. The molecule has 0 aliphatic heterocycles. The van der Waals surface area contributed by atoms with Crippen LogP contribution in [0.15, 0.2) is 11.6 Å². The molecule has 0 bridgehead atoms. The van der Waals surface area contributed by atoms with Gasteiger partial charge in [0.1, 0.15) is 0 Å². The first-order valence-corrected chi connectivity index (χ1v) is 6.13. The van der Waals surface area contributed by atoms with Crippen molar-refractivity contribution in [3.05, 3.63) is 11.6 Å². The molecular weight excluding hydrogens is 172 g/mol. The van der Waals surface area contributed by atoms with Crippen molar-refractivity contribution in [1.82, 2.24) is 0 Å². The Hall–Kier alpha value is -0.300. The van der Waals surface area contributed by atoms with Crippen molar-refractivity contribution in [3.8, 4) is 0 Å². The van der Waals surface area contributed by atoms with E-state index in [0.717, 1.165) is 6.42 Å². The summed E-state index contributed by atoms with van der Waals surface area (Å²) in [5, 5.41) is 8.91. The highest BCUT2D eigenvalue weighted by molar-refractivity contribution is 5.01. The lowest BCUT2D eigenvalue weighted by Crippen LogP contribution is -1.90. The molecule has 0 atom stereocenters. The minimum Gasteiger partial charge on any atom is -0.396 e. The number of aliphatic hydroxyl groups is 1. The van der Waals surface area contributed by atoms with Gasteiger partial charge in [-0.1, -0.05) is 51.2 Å². The van der Waals surface area contributed by atoms with Gasteiger partial charge in [0.15, 0.2) is 0 Å². The Kier molecular flexibility index (Phi) is 10.5. The topological polar surface area (TPSA) is 20.2 Å². The maximum absolute atomic E-state index is 8.91. The molecule has 0 fully saturated rings. The van der Waals surface area contributed by atoms with Gasteiger partial charge in [-0.25, -0.2) is 0 Å². The molecular formula is C13H26O. The number of aliphatic hydroxyl groups excluding tert-OH is 1. The summed E-state index contributed by atoms with van der Waals surface area (Å²) in [7, 11) is 0. The molecule has 14 heavy (non-hydrogen) atoms. The van der Waals surface area contributed by atoms with E-state index >= 15 is 0 Å². The maximum Gasteiger partial charge on any atom is 0.0468 e. The van der Waals surface area contributed by atoms with Crippen molar-refractivity contribution in [2.24, 2.45) is 0 Å². The minimum atomic E-state index is 0.310. The number of hydrogen-bond acceptors (Lipinski definition) is 1. The van der Waals surface area contributed by atoms with Crippen molar-refractivity contribution in [1.29, 1.82) is 0 Å². The summed E-state index contributed by atoms with van der Waals surface area (Å²) in [6.45, 7) is 4.76. The van der Waals surface area contributed by atoms with Crippen molar-refractivity contribution in [2.45, 2.75) is 65.2 Å². The third kappa shape index (κ3) is 8.31. The van der Waals surface area contributed by atoms with Crippen LogP contribution in [0.4, 0.5) is 0 Å². The van der Waals surface area contributed by atoms with E-state index in [4.69, 9.17) is 5.11 Å². The van der Waals surface area contributed by atoms with E-state index < -0.39 is 0 Å². The highest BCUT2D eigenvalue weighted by Crippen LogP contribution is 2.14. The largest absolute Gasteiger partial charge is 0.396 e. The van der Waals surface area contributed by atoms with Crippen LogP contribution in [0.3, 0.4) is 0 Å². The van der Waals surface area contributed by atoms with E-state index in [9.17, 15) is 0 Å². The van der Waals surface area contributed by atoms with Gasteiger partial charge in [0, 0.05) is 6.61 Å². The quantitative estimate of drug-likeness (QED) is 0.437. The molecule has 0 unspecified atom stereocenters. The van der Waals surface area contributed by atoms with Crippen LogP contribution in [-0.2, 0) is 0 Å². The Bertz CT molecular complexity index is 138. The van der Waals surface area contributed by atoms with Gasteiger partial charge >= 0.3 is 0 Å². The summed E-state index contributed by atoms with van der Waals surface area (Å²) in [4.78, 5) is 0. The van der Waals surface area contributed by atoms with E-state index in [1.54, 1.807) is 0 Å². The average Bonchev–Trinajstić information content (AvgIpc) is 2.18. The third-order valence-corrected chi connectivity index (χ3v) is 2.53. The van der Waals surface area contributed by atoms with Crippen LogP contribution < -0.4 is 0 Å². The Balaban J connectivity index is 3.69. The Morgan fingerprint density at radius 2 is 1.71 bits per heavy atom. The molecule has 1 nitrogen and oxygen atoms in total. The summed E-state index contributed by atoms with van der Waals surface area (Å²) in [6.07, 6.45) is 12.0. The van der Waals surface area contributed by atoms with Crippen LogP contribution in [0.2, 0.25) is 0 Å². The van der Waals surface area contributed by atoms with Crippen LogP contribution in [0.25, 0.3) is 0 Å². The Morgan fingerprint density at radius 3 is 2.29 bits per heavy atom. The van der Waals surface area contributed by atoms with E-state index in [2.05, 4.69) is 19.9 Å². The van der Waals surface area contributed by atoms with Crippen molar-refractivity contribution < 1.29 is 5.11 Å². The Morgan fingerprint density at radius 1 is 1.00 bits per heavy atom. The highest BCUT2D eigenvalue weighted by Gasteiger charge is 1.96. The van der Waals surface area contributed by atoms with Crippen LogP contribution in [-0.4, -0.2) is 11.7 Å². The van der Waals surface area contributed by atoms with E-state index in [1.807, 2.05) is 0 Å². The van der Waals surface area contributed by atoms with Crippen molar-refractivity contribution >= 4 is 0 Å². The summed E-state index contributed by atoms with van der Waals surface area (Å²) in [5.74, 6) is 0. The number of unbranched alkanes of at least 4 members (excludes halogenated alkanes) is 4. The zero-order chi connectivity index (χ0) is 10.6. The summed E-state index contributed by atoms with van der Waals surface area (Å²) >= 11 is 0. The summed E-state index contributed by atoms with van der Waals surface area (Å²) in [6, 6.07) is 0. The molecule has 0 aliphatic carbocycles. The SMILES string of the molecule is CCCC/C=C(\CCO)CCCCC. The van der Waals surface area contributed by atoms with Gasteiger partial charge in [-0.15, -0.1) is 0 Å². The molecule has 0 heterocycles. The number of allylic oxidation sites excluding steroid dienone is 1. The lowest BCUT2D eigenvalue weighted by molar-refractivity contribution is 0.297. The van der Waals surface area contributed by atoms with E-state index in [-0.39, 0.29) is 0 Å². The number of hydrogen-bond donors (Lipinski definition) is 1. The molecule has 0 aromatic rings. The summed E-state index contributed by atoms with van der Waals surface area (Å²) < 4.78 is 0. The molecule has 1 N–H and O–H groups in total. The standard InChI is InChI=1S/C13H26O/c1-3-5-7-9-13(11-12-14)10-8-6-4-2/h9,14H,3-8,10-12H2,1-2H3/b13-9-. The first-order valence-electron chi connectivity index (χ1n) is 6.13. The predicted molar refractivity (Wildman–Crippen MR) is 63.5 cm³/mol.